The summed E-state index contributed by atoms with van der Waals surface area (Å²) < 4.78 is 0. The Kier molecular flexibility index (Phi) is 4.70. The maximum absolute atomic E-state index is 12.9. The number of nitrogens with one attached hydrogen (secondary N) is 1. The molecule has 138 valence electrons. The summed E-state index contributed by atoms with van der Waals surface area (Å²) in [6.45, 7) is 1.96. The monoisotopic (exact) mass is 379 g/mol. The summed E-state index contributed by atoms with van der Waals surface area (Å²) in [5, 5.41) is 9.92. The minimum atomic E-state index is -0.258. The Bertz CT molecular complexity index is 1040. The van der Waals surface area contributed by atoms with Crippen molar-refractivity contribution in [3.05, 3.63) is 85.3 Å². The molecule has 27 heavy (non-hydrogen) atoms. The van der Waals surface area contributed by atoms with E-state index in [0.717, 1.165) is 47.3 Å². The van der Waals surface area contributed by atoms with Gasteiger partial charge in [0.2, 0.25) is 5.88 Å². The molecule has 0 saturated carbocycles. The number of aromatic nitrogens is 1. The molecular formula is C22H21NO3S. The summed E-state index contributed by atoms with van der Waals surface area (Å²) in [4.78, 5) is 27.2. The molecule has 1 aliphatic rings. The van der Waals surface area contributed by atoms with Gasteiger partial charge in [-0.05, 0) is 36.0 Å². The van der Waals surface area contributed by atoms with E-state index in [1.54, 1.807) is 0 Å². The first-order valence-electron chi connectivity index (χ1n) is 9.16. The van der Waals surface area contributed by atoms with Gasteiger partial charge >= 0.3 is 4.87 Å². The van der Waals surface area contributed by atoms with Crippen LogP contribution in [-0.4, -0.2) is 15.9 Å². The lowest BCUT2D eigenvalue weighted by Crippen LogP contribution is -2.24. The Hall–Kier alpha value is -2.66. The van der Waals surface area contributed by atoms with Crippen LogP contribution in [0.3, 0.4) is 0 Å². The number of benzene rings is 2. The third kappa shape index (κ3) is 3.47. The summed E-state index contributed by atoms with van der Waals surface area (Å²) in [5.41, 5.74) is 4.08. The normalized spacial score (nSPS) is 17.5. The topological polar surface area (TPSA) is 70.2 Å². The molecule has 0 aliphatic heterocycles. The van der Waals surface area contributed by atoms with Crippen LogP contribution in [0, 0.1) is 5.92 Å². The van der Waals surface area contributed by atoms with Crippen molar-refractivity contribution in [1.82, 2.24) is 4.98 Å². The Morgan fingerprint density at radius 3 is 2.67 bits per heavy atom. The van der Waals surface area contributed by atoms with Crippen LogP contribution < -0.4 is 4.87 Å². The molecule has 0 fully saturated rings. The number of hydrogen-bond acceptors (Lipinski definition) is 4. The van der Waals surface area contributed by atoms with E-state index >= 15 is 0 Å². The van der Waals surface area contributed by atoms with Crippen LogP contribution in [0.2, 0.25) is 0 Å². The van der Waals surface area contributed by atoms with Crippen molar-refractivity contribution in [2.75, 3.05) is 0 Å². The minimum Gasteiger partial charge on any atom is -0.494 e. The number of carbonyl (C=O) groups excluding carboxylic acids is 1. The van der Waals surface area contributed by atoms with Crippen LogP contribution >= 0.6 is 11.3 Å². The van der Waals surface area contributed by atoms with Crippen molar-refractivity contribution in [3.63, 3.8) is 0 Å². The van der Waals surface area contributed by atoms with Crippen LogP contribution in [0.1, 0.15) is 51.2 Å². The van der Waals surface area contributed by atoms with E-state index < -0.39 is 0 Å². The number of ketones is 1. The Morgan fingerprint density at radius 1 is 1.19 bits per heavy atom. The number of hydrogen-bond donors (Lipinski definition) is 2. The number of aromatic amines is 1. The van der Waals surface area contributed by atoms with E-state index in [2.05, 4.69) is 23.2 Å². The fraction of sp³-hybridized carbons (Fsp3) is 0.273. The van der Waals surface area contributed by atoms with Gasteiger partial charge in [-0.2, -0.15) is 0 Å². The second-order valence-corrected chi connectivity index (χ2v) is 8.17. The molecule has 0 amide bonds. The molecule has 2 aromatic carbocycles. The maximum atomic E-state index is 12.9. The van der Waals surface area contributed by atoms with Crippen LogP contribution in [0.4, 0.5) is 0 Å². The SMILES string of the molecule is CC(c1ccc2c(c1)CCC(Cc1ccccc1)C2=O)c1sc(=O)[nH]c1O. The number of H-pyrrole nitrogens is 1. The van der Waals surface area contributed by atoms with Gasteiger partial charge in [0.1, 0.15) is 0 Å². The van der Waals surface area contributed by atoms with Crippen LogP contribution in [-0.2, 0) is 12.8 Å². The van der Waals surface area contributed by atoms with Gasteiger partial charge in [0.05, 0.1) is 4.88 Å². The third-order valence-corrected chi connectivity index (χ3v) is 6.46. The highest BCUT2D eigenvalue weighted by atomic mass is 32.1. The van der Waals surface area contributed by atoms with Gasteiger partial charge < -0.3 is 5.11 Å². The van der Waals surface area contributed by atoms with Gasteiger partial charge in [0, 0.05) is 17.4 Å². The second-order valence-electron chi connectivity index (χ2n) is 7.16. The molecule has 1 aromatic heterocycles. The van der Waals surface area contributed by atoms with Gasteiger partial charge in [-0.1, -0.05) is 66.8 Å². The predicted octanol–water partition coefficient (Wildman–Crippen LogP) is 4.28. The standard InChI is InChI=1S/C22H21NO3S/c1-13(20-21(25)23-22(26)27-20)15-9-10-18-16(12-15)7-8-17(19(18)24)11-14-5-3-2-4-6-14/h2-6,9-10,12-13,17,25H,7-8,11H2,1H3,(H,23,26). The highest BCUT2D eigenvalue weighted by molar-refractivity contribution is 7.09. The summed E-state index contributed by atoms with van der Waals surface area (Å²) in [6, 6.07) is 16.1. The first-order valence-corrected chi connectivity index (χ1v) is 9.97. The van der Waals surface area contributed by atoms with Crippen LogP contribution in [0.15, 0.2) is 53.3 Å². The molecule has 2 N–H and O–H groups in total. The van der Waals surface area contributed by atoms with E-state index in [9.17, 15) is 14.7 Å². The highest BCUT2D eigenvalue weighted by Gasteiger charge is 2.28. The third-order valence-electron chi connectivity index (χ3n) is 5.40. The zero-order valence-corrected chi connectivity index (χ0v) is 15.9. The summed E-state index contributed by atoms with van der Waals surface area (Å²) in [6.07, 6.45) is 2.50. The summed E-state index contributed by atoms with van der Waals surface area (Å²) >= 11 is 1.03. The van der Waals surface area contributed by atoms with Crippen molar-refractivity contribution in [2.45, 2.75) is 32.1 Å². The van der Waals surface area contributed by atoms with Gasteiger partial charge in [-0.3, -0.25) is 14.6 Å². The molecule has 4 nitrogen and oxygen atoms in total. The summed E-state index contributed by atoms with van der Waals surface area (Å²) in [5.74, 6) is 0.0845. The number of aromatic hydroxyl groups is 1. The number of carbonyl (C=O) groups is 1. The van der Waals surface area contributed by atoms with Gasteiger partial charge in [-0.15, -0.1) is 0 Å². The average Bonchev–Trinajstić information content (AvgIpc) is 3.02. The fourth-order valence-corrected chi connectivity index (χ4v) is 4.69. The van der Waals surface area contributed by atoms with E-state index in [-0.39, 0.29) is 28.4 Å². The van der Waals surface area contributed by atoms with E-state index in [0.29, 0.717) is 4.88 Å². The smallest absolute Gasteiger partial charge is 0.307 e. The minimum absolute atomic E-state index is 0.0298. The van der Waals surface area contributed by atoms with E-state index in [1.165, 1.54) is 5.56 Å². The first kappa shape index (κ1) is 17.7. The Balaban J connectivity index is 1.58. The Labute approximate surface area is 161 Å². The second kappa shape index (κ2) is 7.16. The molecule has 0 spiro atoms. The molecule has 1 aliphatic carbocycles. The zero-order valence-electron chi connectivity index (χ0n) is 15.1. The number of rotatable bonds is 4. The highest BCUT2D eigenvalue weighted by Crippen LogP contribution is 2.35. The van der Waals surface area contributed by atoms with Crippen molar-refractivity contribution in [1.29, 1.82) is 0 Å². The van der Waals surface area contributed by atoms with E-state index in [4.69, 9.17) is 0 Å². The Morgan fingerprint density at radius 2 is 1.96 bits per heavy atom. The number of aryl methyl sites for hydroxylation is 1. The lowest BCUT2D eigenvalue weighted by Gasteiger charge is -2.24. The molecule has 0 radical (unpaired) electrons. The molecule has 2 atom stereocenters. The van der Waals surface area contributed by atoms with Crippen LogP contribution in [0.25, 0.3) is 0 Å². The number of thiazole rings is 1. The largest absolute Gasteiger partial charge is 0.494 e. The predicted molar refractivity (Wildman–Crippen MR) is 107 cm³/mol. The van der Waals surface area contributed by atoms with Crippen LogP contribution in [0.5, 0.6) is 5.88 Å². The van der Waals surface area contributed by atoms with Crippen molar-refractivity contribution < 1.29 is 9.90 Å². The zero-order chi connectivity index (χ0) is 19.0. The fourth-order valence-electron chi connectivity index (χ4n) is 3.88. The van der Waals surface area contributed by atoms with Gasteiger partial charge in [0.25, 0.3) is 0 Å². The lowest BCUT2D eigenvalue weighted by molar-refractivity contribution is 0.0901. The number of fused-ring (bicyclic) bond motifs is 1. The molecule has 2 unspecified atom stereocenters. The van der Waals surface area contributed by atoms with Crippen molar-refractivity contribution in [2.24, 2.45) is 5.92 Å². The molecule has 0 saturated heterocycles. The molecule has 1 heterocycles. The lowest BCUT2D eigenvalue weighted by atomic mass is 9.78. The van der Waals surface area contributed by atoms with Gasteiger partial charge in [0.15, 0.2) is 5.78 Å². The van der Waals surface area contributed by atoms with Crippen molar-refractivity contribution >= 4 is 17.1 Å². The van der Waals surface area contributed by atoms with E-state index in [1.807, 2.05) is 37.3 Å². The molecule has 0 bridgehead atoms. The summed E-state index contributed by atoms with van der Waals surface area (Å²) in [7, 11) is 0. The number of Topliss-reactive ketones (excluding diaryl/α,β-unsaturated/α-hetero) is 1. The molecule has 3 aromatic rings. The molecular weight excluding hydrogens is 358 g/mol. The first-order chi connectivity index (χ1) is 13.0. The average molecular weight is 379 g/mol. The maximum Gasteiger partial charge on any atom is 0.307 e. The quantitative estimate of drug-likeness (QED) is 0.711. The van der Waals surface area contributed by atoms with Gasteiger partial charge in [-0.25, -0.2) is 0 Å². The molecule has 5 heteroatoms. The molecule has 4 rings (SSSR count). The van der Waals surface area contributed by atoms with Crippen molar-refractivity contribution in [3.8, 4) is 5.88 Å².